The third-order valence-electron chi connectivity index (χ3n) is 5.96. The lowest BCUT2D eigenvalue weighted by Crippen LogP contribution is -2.52. The molecule has 3 aromatic rings. The predicted octanol–water partition coefficient (Wildman–Crippen LogP) is 2.17. The summed E-state index contributed by atoms with van der Waals surface area (Å²) in [4.78, 5) is 42.2. The van der Waals surface area contributed by atoms with Crippen LogP contribution in [0, 0.1) is 0 Å². The van der Waals surface area contributed by atoms with Crippen LogP contribution in [0.25, 0.3) is 10.9 Å². The zero-order chi connectivity index (χ0) is 23.7. The second kappa shape index (κ2) is 9.25. The first-order valence-electron chi connectivity index (χ1n) is 10.6. The van der Waals surface area contributed by atoms with E-state index in [1.165, 1.54) is 11.8 Å². The number of amides is 3. The van der Waals surface area contributed by atoms with Crippen LogP contribution in [-0.4, -0.2) is 58.5 Å². The standard InChI is InChI=1S/C24H25ClN4O4/c1-13(31)26-21(12-30)24(33)29(2)22-17-6-4-3-5-14(17)10-19(22)28-23(32)20-11-15-9-16(25)7-8-18(15)27-20/h3-9,11,19,21-22,27,30H,10,12H2,1-2H3,(H,26,31)(H,28,32)/t19-,21?,22-/m1/s1. The monoisotopic (exact) mass is 468 g/mol. The summed E-state index contributed by atoms with van der Waals surface area (Å²) in [5.74, 6) is -1.15. The first-order chi connectivity index (χ1) is 15.8. The third kappa shape index (κ3) is 4.58. The highest BCUT2D eigenvalue weighted by Crippen LogP contribution is 2.36. The van der Waals surface area contributed by atoms with Gasteiger partial charge in [0.25, 0.3) is 5.91 Å². The van der Waals surface area contributed by atoms with E-state index in [-0.39, 0.29) is 5.91 Å². The SMILES string of the molecule is CC(=O)NC(CO)C(=O)N(C)[C@@H]1c2ccccc2C[C@H]1NC(=O)c1cc2cc(Cl)ccc2[nH]1. The fourth-order valence-corrected chi connectivity index (χ4v) is 4.65. The Hall–Kier alpha value is -3.36. The van der Waals surface area contributed by atoms with Gasteiger partial charge in [0.2, 0.25) is 11.8 Å². The number of aliphatic hydroxyl groups is 1. The van der Waals surface area contributed by atoms with Gasteiger partial charge in [-0.25, -0.2) is 0 Å². The molecule has 0 fully saturated rings. The van der Waals surface area contributed by atoms with Gasteiger partial charge in [-0.3, -0.25) is 14.4 Å². The second-order valence-electron chi connectivity index (χ2n) is 8.23. The minimum Gasteiger partial charge on any atom is -0.394 e. The minimum absolute atomic E-state index is 0.299. The Balaban J connectivity index is 1.60. The van der Waals surface area contributed by atoms with Gasteiger partial charge in [0, 0.05) is 29.9 Å². The molecule has 0 aliphatic heterocycles. The van der Waals surface area contributed by atoms with E-state index in [9.17, 15) is 19.5 Å². The Morgan fingerprint density at radius 3 is 2.70 bits per heavy atom. The van der Waals surface area contributed by atoms with Crippen molar-refractivity contribution in [2.75, 3.05) is 13.7 Å². The van der Waals surface area contributed by atoms with Crippen molar-refractivity contribution in [3.05, 3.63) is 70.4 Å². The average Bonchev–Trinajstić information content (AvgIpc) is 3.37. The Labute approximate surface area is 195 Å². The Kier molecular flexibility index (Phi) is 6.40. The van der Waals surface area contributed by atoms with Crippen molar-refractivity contribution in [2.45, 2.75) is 31.5 Å². The van der Waals surface area contributed by atoms with Crippen molar-refractivity contribution in [3.63, 3.8) is 0 Å². The number of rotatable bonds is 6. The highest BCUT2D eigenvalue weighted by Gasteiger charge is 2.39. The third-order valence-corrected chi connectivity index (χ3v) is 6.20. The molecule has 0 saturated heterocycles. The van der Waals surface area contributed by atoms with Gasteiger partial charge in [-0.2, -0.15) is 0 Å². The molecule has 3 atom stereocenters. The van der Waals surface area contributed by atoms with Crippen LogP contribution >= 0.6 is 11.6 Å². The lowest BCUT2D eigenvalue weighted by atomic mass is 10.0. The number of fused-ring (bicyclic) bond motifs is 2. The zero-order valence-electron chi connectivity index (χ0n) is 18.3. The number of hydrogen-bond donors (Lipinski definition) is 4. The number of nitrogens with zero attached hydrogens (tertiary/aromatic N) is 1. The van der Waals surface area contributed by atoms with Crippen molar-refractivity contribution in [3.8, 4) is 0 Å². The molecule has 2 aromatic carbocycles. The molecule has 3 amide bonds. The Morgan fingerprint density at radius 1 is 1.21 bits per heavy atom. The smallest absolute Gasteiger partial charge is 0.268 e. The fourth-order valence-electron chi connectivity index (χ4n) is 4.47. The van der Waals surface area contributed by atoms with E-state index < -0.39 is 36.5 Å². The maximum Gasteiger partial charge on any atom is 0.268 e. The van der Waals surface area contributed by atoms with Gasteiger partial charge < -0.3 is 25.6 Å². The van der Waals surface area contributed by atoms with Gasteiger partial charge in [-0.05, 0) is 41.8 Å². The summed E-state index contributed by atoms with van der Waals surface area (Å²) in [5, 5.41) is 16.6. The van der Waals surface area contributed by atoms with E-state index in [0.717, 1.165) is 22.0 Å². The summed E-state index contributed by atoms with van der Waals surface area (Å²) in [6.07, 6.45) is 0.542. The number of aromatic amines is 1. The first kappa shape index (κ1) is 22.8. The van der Waals surface area contributed by atoms with Gasteiger partial charge >= 0.3 is 0 Å². The van der Waals surface area contributed by atoms with E-state index in [0.29, 0.717) is 17.1 Å². The second-order valence-corrected chi connectivity index (χ2v) is 8.66. The fraction of sp³-hybridized carbons (Fsp3) is 0.292. The van der Waals surface area contributed by atoms with Crippen molar-refractivity contribution in [2.24, 2.45) is 0 Å². The number of aromatic nitrogens is 1. The molecule has 0 bridgehead atoms. The molecular formula is C24H25ClN4O4. The number of aliphatic hydroxyl groups excluding tert-OH is 1. The number of carbonyl (C=O) groups is 3. The number of nitrogens with one attached hydrogen (secondary N) is 3. The summed E-state index contributed by atoms with van der Waals surface area (Å²) >= 11 is 6.05. The Bertz CT molecular complexity index is 1220. The van der Waals surface area contributed by atoms with Gasteiger partial charge in [-0.1, -0.05) is 35.9 Å². The predicted molar refractivity (Wildman–Crippen MR) is 125 cm³/mol. The largest absolute Gasteiger partial charge is 0.394 e. The summed E-state index contributed by atoms with van der Waals surface area (Å²) in [5.41, 5.74) is 3.13. The topological polar surface area (TPSA) is 115 Å². The molecule has 33 heavy (non-hydrogen) atoms. The normalized spacial score (nSPS) is 17.9. The molecule has 172 valence electrons. The molecule has 0 saturated carbocycles. The number of H-pyrrole nitrogens is 1. The number of carbonyl (C=O) groups excluding carboxylic acids is 3. The molecule has 1 aliphatic carbocycles. The van der Waals surface area contributed by atoms with Crippen LogP contribution < -0.4 is 10.6 Å². The van der Waals surface area contributed by atoms with E-state index in [1.807, 2.05) is 30.3 Å². The van der Waals surface area contributed by atoms with Crippen LogP contribution in [0.3, 0.4) is 0 Å². The maximum atomic E-state index is 13.1. The highest BCUT2D eigenvalue weighted by atomic mass is 35.5. The van der Waals surface area contributed by atoms with Crippen LogP contribution in [0.4, 0.5) is 0 Å². The van der Waals surface area contributed by atoms with Crippen molar-refractivity contribution >= 4 is 40.2 Å². The Morgan fingerprint density at radius 2 is 1.97 bits per heavy atom. The van der Waals surface area contributed by atoms with Crippen LogP contribution in [0.1, 0.15) is 34.6 Å². The molecule has 8 nitrogen and oxygen atoms in total. The van der Waals surface area contributed by atoms with Crippen LogP contribution in [0.15, 0.2) is 48.5 Å². The molecule has 4 N–H and O–H groups in total. The zero-order valence-corrected chi connectivity index (χ0v) is 19.0. The average molecular weight is 469 g/mol. The lowest BCUT2D eigenvalue weighted by Gasteiger charge is -2.33. The highest BCUT2D eigenvalue weighted by molar-refractivity contribution is 6.31. The molecule has 1 aromatic heterocycles. The van der Waals surface area contributed by atoms with E-state index in [1.54, 1.807) is 25.2 Å². The van der Waals surface area contributed by atoms with E-state index >= 15 is 0 Å². The number of benzene rings is 2. The van der Waals surface area contributed by atoms with E-state index in [2.05, 4.69) is 15.6 Å². The quantitative estimate of drug-likeness (QED) is 0.444. The van der Waals surface area contributed by atoms with Crippen LogP contribution in [-0.2, 0) is 16.0 Å². The van der Waals surface area contributed by atoms with Crippen molar-refractivity contribution in [1.29, 1.82) is 0 Å². The molecule has 9 heteroatoms. The summed E-state index contributed by atoms with van der Waals surface area (Å²) in [7, 11) is 1.61. The van der Waals surface area contributed by atoms with Gasteiger partial charge in [0.05, 0.1) is 18.7 Å². The number of halogens is 1. The maximum absolute atomic E-state index is 13.1. The van der Waals surface area contributed by atoms with E-state index in [4.69, 9.17) is 11.6 Å². The van der Waals surface area contributed by atoms with Gasteiger partial charge in [0.15, 0.2) is 0 Å². The summed E-state index contributed by atoms with van der Waals surface area (Å²) in [6, 6.07) is 12.9. The molecule has 1 aliphatic rings. The molecule has 0 spiro atoms. The molecular weight excluding hydrogens is 444 g/mol. The van der Waals surface area contributed by atoms with Crippen molar-refractivity contribution < 1.29 is 19.5 Å². The van der Waals surface area contributed by atoms with Gasteiger partial charge in [-0.15, -0.1) is 0 Å². The molecule has 0 radical (unpaired) electrons. The minimum atomic E-state index is -1.06. The number of likely N-dealkylation sites (N-methyl/N-ethyl adjacent to an activating group) is 1. The molecule has 1 heterocycles. The van der Waals surface area contributed by atoms with Crippen LogP contribution in [0.2, 0.25) is 5.02 Å². The molecule has 1 unspecified atom stereocenters. The van der Waals surface area contributed by atoms with Gasteiger partial charge in [0.1, 0.15) is 11.7 Å². The number of hydrogen-bond acceptors (Lipinski definition) is 4. The summed E-state index contributed by atoms with van der Waals surface area (Å²) in [6.45, 7) is 0.767. The molecule has 4 rings (SSSR count). The van der Waals surface area contributed by atoms with Crippen LogP contribution in [0.5, 0.6) is 0 Å². The van der Waals surface area contributed by atoms with Crippen molar-refractivity contribution in [1.82, 2.24) is 20.5 Å². The summed E-state index contributed by atoms with van der Waals surface area (Å²) < 4.78 is 0. The first-order valence-corrected chi connectivity index (χ1v) is 11.0. The lowest BCUT2D eigenvalue weighted by molar-refractivity contribution is -0.138.